The van der Waals surface area contributed by atoms with Gasteiger partial charge in [-0.05, 0) is 36.4 Å². The summed E-state index contributed by atoms with van der Waals surface area (Å²) in [7, 11) is 1.37. The van der Waals surface area contributed by atoms with Crippen molar-refractivity contribution in [1.82, 2.24) is 5.32 Å². The number of amidine groups is 1. The Kier molecular flexibility index (Phi) is 5.62. The first-order chi connectivity index (χ1) is 12.4. The summed E-state index contributed by atoms with van der Waals surface area (Å²) >= 11 is 2.91. The van der Waals surface area contributed by atoms with Gasteiger partial charge in [0.1, 0.15) is 5.25 Å². The smallest absolute Gasteiger partial charge is 0.319 e. The van der Waals surface area contributed by atoms with Gasteiger partial charge in [-0.3, -0.25) is 14.6 Å². The second-order valence-corrected chi connectivity index (χ2v) is 8.54. The molecule has 0 radical (unpaired) electrons. The summed E-state index contributed by atoms with van der Waals surface area (Å²) in [4.78, 5) is 28.8. The second-order valence-electron chi connectivity index (χ2n) is 6.35. The van der Waals surface area contributed by atoms with Crippen LogP contribution in [0.5, 0.6) is 0 Å². The van der Waals surface area contributed by atoms with Crippen molar-refractivity contribution in [2.45, 2.75) is 30.6 Å². The van der Waals surface area contributed by atoms with Gasteiger partial charge in [-0.2, -0.15) is 0 Å². The van der Waals surface area contributed by atoms with E-state index in [-0.39, 0.29) is 17.1 Å². The Morgan fingerprint density at radius 2 is 2.23 bits per heavy atom. The maximum absolute atomic E-state index is 12.6. The van der Waals surface area contributed by atoms with Gasteiger partial charge >= 0.3 is 5.97 Å². The van der Waals surface area contributed by atoms with Crippen LogP contribution in [0.25, 0.3) is 0 Å². The van der Waals surface area contributed by atoms with Crippen molar-refractivity contribution in [2.24, 2.45) is 10.7 Å². The fourth-order valence-electron chi connectivity index (χ4n) is 2.92. The van der Waals surface area contributed by atoms with Gasteiger partial charge in [0.15, 0.2) is 5.17 Å². The summed E-state index contributed by atoms with van der Waals surface area (Å²) in [5.41, 5.74) is 7.73. The largest absolute Gasteiger partial charge is 0.468 e. The quantitative estimate of drug-likeness (QED) is 0.767. The van der Waals surface area contributed by atoms with E-state index in [4.69, 9.17) is 10.5 Å². The number of nitrogens with zero attached hydrogens (tertiary/aromatic N) is 1. The zero-order valence-electron chi connectivity index (χ0n) is 14.7. The number of carbonyl (C=O) groups is 2. The Hall–Kier alpha value is -1.93. The van der Waals surface area contributed by atoms with Crippen LogP contribution >= 0.6 is 23.5 Å². The van der Waals surface area contributed by atoms with Crippen LogP contribution in [0.15, 0.2) is 40.4 Å². The highest BCUT2D eigenvalue weighted by atomic mass is 32.2. The molecule has 1 aromatic rings. The van der Waals surface area contributed by atoms with Gasteiger partial charge in [-0.15, -0.1) is 11.8 Å². The van der Waals surface area contributed by atoms with E-state index in [1.54, 1.807) is 23.2 Å². The van der Waals surface area contributed by atoms with Crippen LogP contribution in [0.1, 0.15) is 35.7 Å². The SMILES string of the molecule is COC(=O)C1CC(NC(=O)c2cccc(C3(C)CCSC(N)=N3)c2)=CS1. The molecule has 2 heterocycles. The predicted octanol–water partition coefficient (Wildman–Crippen LogP) is 2.60. The molecule has 0 aliphatic carbocycles. The molecule has 2 aliphatic heterocycles. The highest BCUT2D eigenvalue weighted by molar-refractivity contribution is 8.13. The number of allylic oxidation sites excluding steroid dienone is 1. The molecular formula is C18H21N3O3S2. The maximum atomic E-state index is 12.6. The number of thioether (sulfide) groups is 2. The topological polar surface area (TPSA) is 93.8 Å². The molecular weight excluding hydrogens is 370 g/mol. The molecule has 1 amide bonds. The number of nitrogens with two attached hydrogens (primary N) is 1. The van der Waals surface area contributed by atoms with Crippen molar-refractivity contribution in [2.75, 3.05) is 12.9 Å². The number of carbonyl (C=O) groups excluding carboxylic acids is 2. The minimum atomic E-state index is -0.413. The minimum absolute atomic E-state index is 0.199. The average Bonchev–Trinajstić information content (AvgIpc) is 3.09. The maximum Gasteiger partial charge on any atom is 0.319 e. The molecule has 26 heavy (non-hydrogen) atoms. The third kappa shape index (κ3) is 4.07. The summed E-state index contributed by atoms with van der Waals surface area (Å²) < 4.78 is 4.74. The lowest BCUT2D eigenvalue weighted by molar-refractivity contribution is -0.139. The summed E-state index contributed by atoms with van der Waals surface area (Å²) in [6.07, 6.45) is 1.32. The van der Waals surface area contributed by atoms with Crippen molar-refractivity contribution < 1.29 is 14.3 Å². The zero-order chi connectivity index (χ0) is 18.7. The normalized spacial score (nSPS) is 25.2. The van der Waals surface area contributed by atoms with Crippen LogP contribution in [0, 0.1) is 0 Å². The van der Waals surface area contributed by atoms with E-state index in [1.807, 2.05) is 25.1 Å². The van der Waals surface area contributed by atoms with Gasteiger partial charge in [0.2, 0.25) is 0 Å². The van der Waals surface area contributed by atoms with Gasteiger partial charge in [-0.1, -0.05) is 23.9 Å². The van der Waals surface area contributed by atoms with Crippen molar-refractivity contribution in [3.05, 3.63) is 46.5 Å². The molecule has 0 saturated carbocycles. The van der Waals surface area contributed by atoms with E-state index >= 15 is 0 Å². The van der Waals surface area contributed by atoms with Crippen LogP contribution in [0.3, 0.4) is 0 Å². The van der Waals surface area contributed by atoms with Gasteiger partial charge in [-0.25, -0.2) is 0 Å². The van der Waals surface area contributed by atoms with E-state index in [1.165, 1.54) is 18.9 Å². The van der Waals surface area contributed by atoms with Crippen LogP contribution in [0.2, 0.25) is 0 Å². The average molecular weight is 392 g/mol. The van der Waals surface area contributed by atoms with Crippen LogP contribution in [-0.2, 0) is 15.1 Å². The highest BCUT2D eigenvalue weighted by Crippen LogP contribution is 2.35. The fraction of sp³-hybridized carbons (Fsp3) is 0.389. The fourth-order valence-corrected chi connectivity index (χ4v) is 4.86. The highest BCUT2D eigenvalue weighted by Gasteiger charge is 2.30. The second kappa shape index (κ2) is 7.75. The third-order valence-electron chi connectivity index (χ3n) is 4.46. The van der Waals surface area contributed by atoms with Gasteiger partial charge < -0.3 is 15.8 Å². The number of benzene rings is 1. The summed E-state index contributed by atoms with van der Waals surface area (Å²) in [6, 6.07) is 7.47. The van der Waals surface area contributed by atoms with Crippen molar-refractivity contribution in [3.63, 3.8) is 0 Å². The first-order valence-corrected chi connectivity index (χ1v) is 10.2. The molecule has 2 unspecified atom stereocenters. The molecule has 0 bridgehead atoms. The molecule has 3 N–H and O–H groups in total. The van der Waals surface area contributed by atoms with Crippen molar-refractivity contribution >= 4 is 40.6 Å². The Labute approximate surface area is 161 Å². The molecule has 3 rings (SSSR count). The lowest BCUT2D eigenvalue weighted by atomic mass is 9.88. The zero-order valence-corrected chi connectivity index (χ0v) is 16.3. The van der Waals surface area contributed by atoms with E-state index < -0.39 is 5.54 Å². The lowest BCUT2D eigenvalue weighted by Gasteiger charge is -2.30. The van der Waals surface area contributed by atoms with Crippen molar-refractivity contribution in [3.8, 4) is 0 Å². The summed E-state index contributed by atoms with van der Waals surface area (Å²) in [6.45, 7) is 2.04. The van der Waals surface area contributed by atoms with Crippen LogP contribution in [-0.4, -0.2) is 35.2 Å². The number of ether oxygens (including phenoxy) is 1. The summed E-state index contributed by atoms with van der Waals surface area (Å²) in [5.74, 6) is 0.423. The molecule has 0 spiro atoms. The minimum Gasteiger partial charge on any atom is -0.468 e. The molecule has 2 atom stereocenters. The molecule has 1 aromatic carbocycles. The van der Waals surface area contributed by atoms with Crippen LogP contribution < -0.4 is 11.1 Å². The standard InChI is InChI=1S/C18H21N3O3S2/c1-18(6-7-25-17(19)21-18)12-5-3-4-11(8-12)15(22)20-13-9-14(26-10-13)16(23)24-2/h3-5,8,10,14H,6-7,9H2,1-2H3,(H2,19,21)(H,20,22). The molecule has 6 nitrogen and oxygen atoms in total. The summed E-state index contributed by atoms with van der Waals surface area (Å²) in [5, 5.41) is 4.97. The molecule has 138 valence electrons. The molecule has 8 heteroatoms. The van der Waals surface area contributed by atoms with Crippen LogP contribution in [0.4, 0.5) is 0 Å². The number of rotatable bonds is 4. The van der Waals surface area contributed by atoms with Gasteiger partial charge in [0.25, 0.3) is 5.91 Å². The number of methoxy groups -OCH3 is 1. The number of hydrogen-bond donors (Lipinski definition) is 2. The predicted molar refractivity (Wildman–Crippen MR) is 106 cm³/mol. The monoisotopic (exact) mass is 391 g/mol. The van der Waals surface area contributed by atoms with Gasteiger partial charge in [0.05, 0.1) is 12.6 Å². The van der Waals surface area contributed by atoms with E-state index in [0.29, 0.717) is 17.2 Å². The Morgan fingerprint density at radius 3 is 2.96 bits per heavy atom. The Balaban J connectivity index is 1.72. The number of amides is 1. The number of hydrogen-bond acceptors (Lipinski definition) is 7. The Morgan fingerprint density at radius 1 is 1.42 bits per heavy atom. The first kappa shape index (κ1) is 18.8. The van der Waals surface area contributed by atoms with E-state index in [2.05, 4.69) is 10.3 Å². The van der Waals surface area contributed by atoms with Gasteiger partial charge in [0, 0.05) is 23.4 Å². The third-order valence-corrected chi connectivity index (χ3v) is 6.36. The molecule has 0 saturated heterocycles. The number of aliphatic imine (C=N–C) groups is 1. The Bertz CT molecular complexity index is 794. The number of nitrogens with one attached hydrogen (secondary N) is 1. The lowest BCUT2D eigenvalue weighted by Crippen LogP contribution is -2.29. The molecule has 0 fully saturated rings. The van der Waals surface area contributed by atoms with E-state index in [9.17, 15) is 9.59 Å². The number of esters is 1. The first-order valence-electron chi connectivity index (χ1n) is 8.23. The van der Waals surface area contributed by atoms with Crippen molar-refractivity contribution in [1.29, 1.82) is 0 Å². The molecule has 2 aliphatic rings. The molecule has 0 aromatic heterocycles. The van der Waals surface area contributed by atoms with E-state index in [0.717, 1.165) is 23.4 Å².